The number of carbonyl (C=O) groups is 1. The third kappa shape index (κ3) is 3.39. The third-order valence-corrected chi connectivity index (χ3v) is 2.11. The van der Waals surface area contributed by atoms with E-state index in [9.17, 15) is 14.9 Å². The van der Waals surface area contributed by atoms with Crippen molar-refractivity contribution in [2.45, 2.75) is 13.0 Å². The Bertz CT molecular complexity index is 463. The first-order valence-electron chi connectivity index (χ1n) is 5.09. The number of nitro groups is 1. The van der Waals surface area contributed by atoms with Gasteiger partial charge in [0.2, 0.25) is 0 Å². The summed E-state index contributed by atoms with van der Waals surface area (Å²) in [4.78, 5) is 24.6. The highest BCUT2D eigenvalue weighted by molar-refractivity contribution is 5.93. The van der Waals surface area contributed by atoms with Crippen molar-refractivity contribution in [3.8, 4) is 0 Å². The van der Waals surface area contributed by atoms with Crippen LogP contribution in [-0.4, -0.2) is 40.7 Å². The van der Waals surface area contributed by atoms with Gasteiger partial charge in [-0.1, -0.05) is 0 Å². The van der Waals surface area contributed by atoms with E-state index in [0.29, 0.717) is 6.61 Å². The van der Waals surface area contributed by atoms with Crippen molar-refractivity contribution in [3.63, 3.8) is 0 Å². The Balaban J connectivity index is 3.04. The van der Waals surface area contributed by atoms with Crippen LogP contribution in [0.5, 0.6) is 0 Å². The highest BCUT2D eigenvalue weighted by Gasteiger charge is 2.18. The molecule has 8 heteroatoms. The Kier molecular flexibility index (Phi) is 4.55. The van der Waals surface area contributed by atoms with E-state index in [1.165, 1.54) is 7.11 Å². The molecule has 1 aromatic heterocycles. The van der Waals surface area contributed by atoms with Gasteiger partial charge in [-0.3, -0.25) is 10.1 Å². The van der Waals surface area contributed by atoms with Crippen LogP contribution in [0.3, 0.4) is 0 Å². The predicted molar refractivity (Wildman–Crippen MR) is 62.8 cm³/mol. The number of rotatable bonds is 6. The Morgan fingerprint density at radius 3 is 2.89 bits per heavy atom. The average Bonchev–Trinajstić information content (AvgIpc) is 2.29. The zero-order chi connectivity index (χ0) is 13.7. The maximum Gasteiger partial charge on any atom is 0.339 e. The summed E-state index contributed by atoms with van der Waals surface area (Å²) in [6.07, 6.45) is 1.01. The van der Waals surface area contributed by atoms with E-state index in [2.05, 4.69) is 10.3 Å². The lowest BCUT2D eigenvalue weighted by atomic mass is 10.2. The molecule has 2 N–H and O–H groups in total. The van der Waals surface area contributed by atoms with Crippen LogP contribution in [-0.2, 0) is 4.74 Å². The monoisotopic (exact) mass is 255 g/mol. The van der Waals surface area contributed by atoms with Crippen LogP contribution in [0.2, 0.25) is 0 Å². The number of aromatic carboxylic acids is 1. The molecule has 0 aromatic carbocycles. The molecular formula is C10H13N3O5. The molecule has 0 saturated heterocycles. The van der Waals surface area contributed by atoms with E-state index in [1.807, 2.05) is 0 Å². The number of nitrogens with one attached hydrogen (secondary N) is 1. The third-order valence-electron chi connectivity index (χ3n) is 2.11. The minimum atomic E-state index is -1.28. The fraction of sp³-hybridized carbons (Fsp3) is 0.400. The summed E-state index contributed by atoms with van der Waals surface area (Å²) in [5, 5.41) is 22.3. The molecule has 0 aliphatic carbocycles. The van der Waals surface area contributed by atoms with Crippen LogP contribution >= 0.6 is 0 Å². The molecule has 18 heavy (non-hydrogen) atoms. The summed E-state index contributed by atoms with van der Waals surface area (Å²) in [6, 6.07) is 0.805. The molecule has 0 amide bonds. The van der Waals surface area contributed by atoms with Crippen LogP contribution in [0.1, 0.15) is 17.3 Å². The molecule has 0 radical (unpaired) electrons. The summed E-state index contributed by atoms with van der Waals surface area (Å²) >= 11 is 0. The van der Waals surface area contributed by atoms with Crippen molar-refractivity contribution in [3.05, 3.63) is 27.9 Å². The number of hydrogen-bond acceptors (Lipinski definition) is 6. The molecule has 0 spiro atoms. The van der Waals surface area contributed by atoms with E-state index in [1.54, 1.807) is 6.92 Å². The molecule has 0 aliphatic heterocycles. The summed E-state index contributed by atoms with van der Waals surface area (Å²) < 4.78 is 4.89. The molecule has 1 rings (SSSR count). The predicted octanol–water partition coefficient (Wildman–Crippen LogP) is 1.13. The number of aromatic nitrogens is 1. The number of pyridine rings is 1. The van der Waals surface area contributed by atoms with Gasteiger partial charge in [0.15, 0.2) is 0 Å². The maximum absolute atomic E-state index is 11.0. The van der Waals surface area contributed by atoms with Gasteiger partial charge in [-0.15, -0.1) is 0 Å². The van der Waals surface area contributed by atoms with Crippen molar-refractivity contribution in [1.29, 1.82) is 0 Å². The fourth-order valence-corrected chi connectivity index (χ4v) is 1.36. The van der Waals surface area contributed by atoms with Crippen LogP contribution in [0.4, 0.5) is 11.5 Å². The molecule has 0 bridgehead atoms. The second kappa shape index (κ2) is 5.92. The number of nitrogens with zero attached hydrogens (tertiary/aromatic N) is 2. The van der Waals surface area contributed by atoms with Crippen molar-refractivity contribution in [1.82, 2.24) is 4.98 Å². The van der Waals surface area contributed by atoms with Gasteiger partial charge < -0.3 is 15.2 Å². The van der Waals surface area contributed by atoms with Crippen molar-refractivity contribution >= 4 is 17.5 Å². The SMILES string of the molecule is COCC(C)Nc1ncc([N+](=O)[O-])cc1C(=O)O. The lowest BCUT2D eigenvalue weighted by Crippen LogP contribution is -2.23. The quantitative estimate of drug-likeness (QED) is 0.578. The number of methoxy groups -OCH3 is 1. The Morgan fingerprint density at radius 2 is 2.39 bits per heavy atom. The Morgan fingerprint density at radius 1 is 1.72 bits per heavy atom. The standard InChI is InChI=1S/C10H13N3O5/c1-6(5-18-2)12-9-8(10(14)15)3-7(4-11-9)13(16)17/h3-4,6H,5H2,1-2H3,(H,11,12)(H,14,15). The lowest BCUT2D eigenvalue weighted by Gasteiger charge is -2.14. The Labute approximate surface area is 103 Å². The lowest BCUT2D eigenvalue weighted by molar-refractivity contribution is -0.385. The molecule has 1 atom stereocenters. The normalized spacial score (nSPS) is 11.9. The Hall–Kier alpha value is -2.22. The van der Waals surface area contributed by atoms with E-state index < -0.39 is 10.9 Å². The first kappa shape index (κ1) is 13.8. The van der Waals surface area contributed by atoms with Crippen molar-refractivity contribution in [2.75, 3.05) is 19.0 Å². The summed E-state index contributed by atoms with van der Waals surface area (Å²) in [7, 11) is 1.51. The number of anilines is 1. The van der Waals surface area contributed by atoms with E-state index >= 15 is 0 Å². The van der Waals surface area contributed by atoms with E-state index in [0.717, 1.165) is 12.3 Å². The molecule has 1 heterocycles. The minimum Gasteiger partial charge on any atom is -0.478 e. The van der Waals surface area contributed by atoms with Gasteiger partial charge in [0.1, 0.15) is 17.6 Å². The topological polar surface area (TPSA) is 115 Å². The zero-order valence-corrected chi connectivity index (χ0v) is 9.91. The summed E-state index contributed by atoms with van der Waals surface area (Å²) in [6.45, 7) is 2.13. The van der Waals surface area contributed by atoms with Crippen LogP contribution < -0.4 is 5.32 Å². The molecule has 0 saturated carbocycles. The maximum atomic E-state index is 11.0. The first-order valence-corrected chi connectivity index (χ1v) is 5.09. The van der Waals surface area contributed by atoms with E-state index in [4.69, 9.17) is 9.84 Å². The van der Waals surface area contributed by atoms with Crippen LogP contribution in [0, 0.1) is 10.1 Å². The van der Waals surface area contributed by atoms with E-state index in [-0.39, 0.29) is 23.1 Å². The largest absolute Gasteiger partial charge is 0.478 e. The average molecular weight is 255 g/mol. The minimum absolute atomic E-state index is 0.0812. The van der Waals surface area contributed by atoms with Gasteiger partial charge in [0.25, 0.3) is 5.69 Å². The molecule has 1 unspecified atom stereocenters. The first-order chi connectivity index (χ1) is 8.45. The van der Waals surface area contributed by atoms with Gasteiger partial charge in [-0.25, -0.2) is 9.78 Å². The smallest absolute Gasteiger partial charge is 0.339 e. The second-order valence-electron chi connectivity index (χ2n) is 3.65. The number of carboxylic acids is 1. The van der Waals surface area contributed by atoms with Crippen LogP contribution in [0.15, 0.2) is 12.3 Å². The zero-order valence-electron chi connectivity index (χ0n) is 9.91. The molecule has 98 valence electrons. The number of hydrogen-bond donors (Lipinski definition) is 2. The fourth-order valence-electron chi connectivity index (χ4n) is 1.36. The van der Waals surface area contributed by atoms with Gasteiger partial charge in [-0.2, -0.15) is 0 Å². The number of ether oxygens (including phenoxy) is 1. The number of carboxylic acid groups (broad SMARTS) is 1. The highest BCUT2D eigenvalue weighted by atomic mass is 16.6. The molecule has 8 nitrogen and oxygen atoms in total. The molecular weight excluding hydrogens is 242 g/mol. The van der Waals surface area contributed by atoms with Crippen LogP contribution in [0.25, 0.3) is 0 Å². The van der Waals surface area contributed by atoms with Gasteiger partial charge in [0.05, 0.1) is 11.5 Å². The molecule has 1 aromatic rings. The van der Waals surface area contributed by atoms with Crippen molar-refractivity contribution < 1.29 is 19.6 Å². The molecule has 0 fully saturated rings. The van der Waals surface area contributed by atoms with Gasteiger partial charge >= 0.3 is 5.97 Å². The molecule has 0 aliphatic rings. The van der Waals surface area contributed by atoms with Gasteiger partial charge in [0, 0.05) is 19.2 Å². The second-order valence-corrected chi connectivity index (χ2v) is 3.65. The highest BCUT2D eigenvalue weighted by Crippen LogP contribution is 2.19. The van der Waals surface area contributed by atoms with Crippen molar-refractivity contribution in [2.24, 2.45) is 0 Å². The van der Waals surface area contributed by atoms with Gasteiger partial charge in [-0.05, 0) is 6.92 Å². The summed E-state index contributed by atoms with van der Waals surface area (Å²) in [5.74, 6) is -1.20. The summed E-state index contributed by atoms with van der Waals surface area (Å²) in [5.41, 5.74) is -0.607.